The summed E-state index contributed by atoms with van der Waals surface area (Å²) < 4.78 is 21.8. The summed E-state index contributed by atoms with van der Waals surface area (Å²) in [7, 11) is 4.54. The molecule has 0 spiro atoms. The summed E-state index contributed by atoms with van der Waals surface area (Å²) in [5.74, 6) is 0.994. The lowest BCUT2D eigenvalue weighted by Gasteiger charge is -2.14. The summed E-state index contributed by atoms with van der Waals surface area (Å²) in [6.45, 7) is 0. The molecule has 1 amide bonds. The monoisotopic (exact) mass is 377 g/mol. The smallest absolute Gasteiger partial charge is 0.259 e. The van der Waals surface area contributed by atoms with Crippen molar-refractivity contribution in [2.75, 3.05) is 26.6 Å². The summed E-state index contributed by atoms with van der Waals surface area (Å²) in [6.07, 6.45) is 0. The molecule has 0 unspecified atom stereocenters. The van der Waals surface area contributed by atoms with E-state index in [4.69, 9.17) is 18.6 Å². The lowest BCUT2D eigenvalue weighted by molar-refractivity contribution is 0.102. The summed E-state index contributed by atoms with van der Waals surface area (Å²) in [5.41, 5.74) is 2.47. The van der Waals surface area contributed by atoms with Gasteiger partial charge in [0.25, 0.3) is 5.91 Å². The third-order valence-electron chi connectivity index (χ3n) is 4.59. The minimum atomic E-state index is -0.326. The normalized spacial score (nSPS) is 10.8. The Balaban J connectivity index is 1.69. The number of anilines is 1. The van der Waals surface area contributed by atoms with E-state index in [9.17, 15) is 4.79 Å². The third kappa shape index (κ3) is 2.99. The molecule has 0 radical (unpaired) electrons. The number of fused-ring (bicyclic) bond motifs is 3. The number of carbonyl (C=O) groups excluding carboxylic acids is 1. The number of benzene rings is 3. The molecule has 0 aliphatic carbocycles. The Morgan fingerprint density at radius 1 is 0.786 bits per heavy atom. The highest BCUT2D eigenvalue weighted by Crippen LogP contribution is 2.35. The molecule has 6 nitrogen and oxygen atoms in total. The average Bonchev–Trinajstić information content (AvgIpc) is 3.10. The van der Waals surface area contributed by atoms with Gasteiger partial charge in [0.1, 0.15) is 16.9 Å². The second-order valence-corrected chi connectivity index (χ2v) is 6.17. The van der Waals surface area contributed by atoms with Gasteiger partial charge in [0.15, 0.2) is 11.5 Å². The number of hydrogen-bond donors (Lipinski definition) is 1. The first-order valence-electron chi connectivity index (χ1n) is 8.67. The van der Waals surface area contributed by atoms with Crippen molar-refractivity contribution in [1.82, 2.24) is 0 Å². The number of amides is 1. The van der Waals surface area contributed by atoms with Crippen LogP contribution in [0.4, 0.5) is 5.69 Å². The Hall–Kier alpha value is -3.67. The number of nitrogens with one attached hydrogen (secondary N) is 1. The molecule has 0 fully saturated rings. The van der Waals surface area contributed by atoms with Crippen LogP contribution in [0.3, 0.4) is 0 Å². The van der Waals surface area contributed by atoms with E-state index in [1.165, 1.54) is 21.3 Å². The molecule has 0 bridgehead atoms. The molecule has 4 rings (SSSR count). The van der Waals surface area contributed by atoms with Gasteiger partial charge in [-0.15, -0.1) is 0 Å². The molecule has 142 valence electrons. The highest BCUT2D eigenvalue weighted by atomic mass is 16.5. The van der Waals surface area contributed by atoms with Crippen LogP contribution in [0.2, 0.25) is 0 Å². The molecule has 0 saturated heterocycles. The van der Waals surface area contributed by atoms with E-state index in [1.807, 2.05) is 36.4 Å². The average molecular weight is 377 g/mol. The molecule has 3 aromatic carbocycles. The number of carbonyl (C=O) groups is 1. The Morgan fingerprint density at radius 2 is 1.46 bits per heavy atom. The second kappa shape index (κ2) is 7.15. The van der Waals surface area contributed by atoms with Crippen LogP contribution in [0.1, 0.15) is 10.4 Å². The SMILES string of the molecule is COc1cc(OC)c(C(=O)Nc2ccc3c(c2)oc2ccccc23)cc1OC. The van der Waals surface area contributed by atoms with Crippen LogP contribution in [0, 0.1) is 0 Å². The zero-order valence-electron chi connectivity index (χ0n) is 15.7. The predicted octanol–water partition coefficient (Wildman–Crippen LogP) is 4.86. The second-order valence-electron chi connectivity index (χ2n) is 6.17. The Labute approximate surface area is 161 Å². The van der Waals surface area contributed by atoms with E-state index >= 15 is 0 Å². The summed E-state index contributed by atoms with van der Waals surface area (Å²) in [6, 6.07) is 16.6. The van der Waals surface area contributed by atoms with E-state index in [1.54, 1.807) is 18.2 Å². The summed E-state index contributed by atoms with van der Waals surface area (Å²) in [5, 5.41) is 4.92. The first-order valence-corrected chi connectivity index (χ1v) is 8.67. The number of rotatable bonds is 5. The minimum absolute atomic E-state index is 0.326. The molecule has 28 heavy (non-hydrogen) atoms. The van der Waals surface area contributed by atoms with Crippen molar-refractivity contribution in [3.63, 3.8) is 0 Å². The van der Waals surface area contributed by atoms with Crippen molar-refractivity contribution < 1.29 is 23.4 Å². The molecule has 0 aliphatic heterocycles. The van der Waals surface area contributed by atoms with Crippen LogP contribution >= 0.6 is 0 Å². The van der Waals surface area contributed by atoms with Gasteiger partial charge in [-0.2, -0.15) is 0 Å². The molecule has 1 N–H and O–H groups in total. The fourth-order valence-corrected chi connectivity index (χ4v) is 3.21. The standard InChI is InChI=1S/C22H19NO5/c1-25-18-12-21(27-3)20(26-2)11-16(18)22(24)23-13-8-9-15-14-6-4-5-7-17(14)28-19(15)10-13/h4-12H,1-3H3,(H,23,24). The van der Waals surface area contributed by atoms with Crippen molar-refractivity contribution in [1.29, 1.82) is 0 Å². The number of ether oxygens (including phenoxy) is 3. The first-order chi connectivity index (χ1) is 13.6. The van der Waals surface area contributed by atoms with Crippen LogP contribution in [-0.4, -0.2) is 27.2 Å². The van der Waals surface area contributed by atoms with Crippen molar-refractivity contribution >= 4 is 33.5 Å². The maximum Gasteiger partial charge on any atom is 0.259 e. The van der Waals surface area contributed by atoms with Crippen LogP contribution < -0.4 is 19.5 Å². The first kappa shape index (κ1) is 17.7. The van der Waals surface area contributed by atoms with E-state index in [2.05, 4.69) is 5.32 Å². The largest absolute Gasteiger partial charge is 0.496 e. The van der Waals surface area contributed by atoms with Crippen molar-refractivity contribution in [2.45, 2.75) is 0 Å². The van der Waals surface area contributed by atoms with Gasteiger partial charge in [-0.05, 0) is 18.2 Å². The van der Waals surface area contributed by atoms with Crippen LogP contribution in [0.25, 0.3) is 21.9 Å². The summed E-state index contributed by atoms with van der Waals surface area (Å²) in [4.78, 5) is 12.9. The molecule has 1 aromatic heterocycles. The predicted molar refractivity (Wildman–Crippen MR) is 108 cm³/mol. The minimum Gasteiger partial charge on any atom is -0.496 e. The summed E-state index contributed by atoms with van der Waals surface area (Å²) >= 11 is 0. The third-order valence-corrected chi connectivity index (χ3v) is 4.59. The molecular weight excluding hydrogens is 358 g/mol. The van der Waals surface area contributed by atoms with Gasteiger partial charge in [0, 0.05) is 34.7 Å². The van der Waals surface area contributed by atoms with Crippen molar-refractivity contribution in [2.24, 2.45) is 0 Å². The fourth-order valence-electron chi connectivity index (χ4n) is 3.21. The number of methoxy groups -OCH3 is 3. The Kier molecular flexibility index (Phi) is 4.53. The Bertz CT molecular complexity index is 1180. The van der Waals surface area contributed by atoms with Gasteiger partial charge < -0.3 is 23.9 Å². The lowest BCUT2D eigenvalue weighted by atomic mass is 10.1. The zero-order valence-corrected chi connectivity index (χ0v) is 15.7. The maximum absolute atomic E-state index is 12.9. The highest BCUT2D eigenvalue weighted by Gasteiger charge is 2.18. The van der Waals surface area contributed by atoms with Gasteiger partial charge in [-0.3, -0.25) is 4.79 Å². The molecule has 0 aliphatic rings. The molecule has 0 atom stereocenters. The quantitative estimate of drug-likeness (QED) is 0.538. The van der Waals surface area contributed by atoms with Gasteiger partial charge in [-0.25, -0.2) is 0 Å². The van der Waals surface area contributed by atoms with Crippen LogP contribution in [-0.2, 0) is 0 Å². The zero-order chi connectivity index (χ0) is 19.7. The van der Waals surface area contributed by atoms with Crippen LogP contribution in [0.15, 0.2) is 59.0 Å². The van der Waals surface area contributed by atoms with Gasteiger partial charge in [0.05, 0.1) is 26.9 Å². The molecule has 0 saturated carbocycles. The molecule has 6 heteroatoms. The maximum atomic E-state index is 12.9. The number of hydrogen-bond acceptors (Lipinski definition) is 5. The number of para-hydroxylation sites is 1. The highest BCUT2D eigenvalue weighted by molar-refractivity contribution is 6.09. The van der Waals surface area contributed by atoms with Gasteiger partial charge in [0.2, 0.25) is 0 Å². The Morgan fingerprint density at radius 3 is 2.21 bits per heavy atom. The van der Waals surface area contributed by atoms with Gasteiger partial charge in [-0.1, -0.05) is 18.2 Å². The van der Waals surface area contributed by atoms with Crippen LogP contribution in [0.5, 0.6) is 17.2 Å². The van der Waals surface area contributed by atoms with E-state index in [0.717, 1.165) is 16.4 Å². The van der Waals surface area contributed by atoms with E-state index in [-0.39, 0.29) is 5.91 Å². The molecule has 1 heterocycles. The van der Waals surface area contributed by atoms with E-state index < -0.39 is 0 Å². The van der Waals surface area contributed by atoms with Crippen molar-refractivity contribution in [3.05, 3.63) is 60.2 Å². The molecular formula is C22H19NO5. The lowest BCUT2D eigenvalue weighted by Crippen LogP contribution is -2.13. The fraction of sp³-hybridized carbons (Fsp3) is 0.136. The van der Waals surface area contributed by atoms with Crippen molar-refractivity contribution in [3.8, 4) is 17.2 Å². The van der Waals surface area contributed by atoms with Gasteiger partial charge >= 0.3 is 0 Å². The van der Waals surface area contributed by atoms with E-state index in [0.29, 0.717) is 34.1 Å². The topological polar surface area (TPSA) is 69.9 Å². The number of furan rings is 1. The molecule has 4 aromatic rings.